The summed E-state index contributed by atoms with van der Waals surface area (Å²) in [5.74, 6) is 0.00599. The molecule has 1 atom stereocenters. The van der Waals surface area contributed by atoms with Gasteiger partial charge in [-0.05, 0) is 108 Å². The highest BCUT2D eigenvalue weighted by Gasteiger charge is 2.23. The lowest BCUT2D eigenvalue weighted by molar-refractivity contribution is 0.975. The summed E-state index contributed by atoms with van der Waals surface area (Å²) in [7, 11) is 0. The van der Waals surface area contributed by atoms with Gasteiger partial charge < -0.3 is 4.57 Å². The summed E-state index contributed by atoms with van der Waals surface area (Å²) in [6.07, 6.45) is 2.98. The fourth-order valence-electron chi connectivity index (χ4n) is 11.5. The average molecular weight is 930 g/mol. The van der Waals surface area contributed by atoms with Gasteiger partial charge in [-0.15, -0.1) is 0 Å². The van der Waals surface area contributed by atoms with Crippen molar-refractivity contribution in [3.05, 3.63) is 284 Å². The molecule has 342 valence electrons. The van der Waals surface area contributed by atoms with E-state index in [4.69, 9.17) is 16.6 Å². The molecular weight excluding hydrogens is 883 g/mol. The average Bonchev–Trinajstić information content (AvgIpc) is 3.71. The van der Waals surface area contributed by atoms with E-state index in [1.54, 1.807) is 0 Å². The first-order valence-electron chi connectivity index (χ1n) is 25.2. The third-order valence-corrected chi connectivity index (χ3v) is 15.0. The van der Waals surface area contributed by atoms with Crippen LogP contribution in [-0.4, -0.2) is 15.3 Å². The van der Waals surface area contributed by atoms with Gasteiger partial charge in [-0.3, -0.25) is 4.99 Å². The Balaban J connectivity index is 0.824. The van der Waals surface area contributed by atoms with Gasteiger partial charge >= 0.3 is 0 Å². The van der Waals surface area contributed by atoms with Gasteiger partial charge in [0, 0.05) is 45.3 Å². The number of hydrogen-bond donors (Lipinski definition) is 0. The van der Waals surface area contributed by atoms with Crippen molar-refractivity contribution >= 4 is 76.4 Å². The Morgan fingerprint density at radius 1 is 0.397 bits per heavy atom. The van der Waals surface area contributed by atoms with Gasteiger partial charge in [0.15, 0.2) is 0 Å². The first-order chi connectivity index (χ1) is 36.1. The van der Waals surface area contributed by atoms with Gasteiger partial charge in [-0.1, -0.05) is 224 Å². The predicted octanol–water partition coefficient (Wildman–Crippen LogP) is 18.4. The van der Waals surface area contributed by atoms with Crippen LogP contribution in [0.2, 0.25) is 0 Å². The lowest BCUT2D eigenvalue weighted by Crippen LogP contribution is -2.05. The van der Waals surface area contributed by atoms with Gasteiger partial charge in [0.2, 0.25) is 0 Å². The van der Waals surface area contributed by atoms with E-state index in [-0.39, 0.29) is 5.92 Å². The van der Waals surface area contributed by atoms with E-state index in [0.29, 0.717) is 6.42 Å². The molecule has 0 amide bonds. The Morgan fingerprint density at radius 3 is 1.62 bits per heavy atom. The van der Waals surface area contributed by atoms with E-state index in [2.05, 4.69) is 259 Å². The van der Waals surface area contributed by atoms with E-state index in [1.807, 2.05) is 0 Å². The van der Waals surface area contributed by atoms with Crippen LogP contribution < -0.4 is 0 Å². The van der Waals surface area contributed by atoms with E-state index in [0.717, 1.165) is 83.7 Å². The second kappa shape index (κ2) is 17.4. The van der Waals surface area contributed by atoms with Crippen LogP contribution in [-0.2, 0) is 0 Å². The summed E-state index contributed by atoms with van der Waals surface area (Å²) < 4.78 is 2.38. The number of aromatic nitrogens is 2. The second-order valence-corrected chi connectivity index (χ2v) is 19.3. The summed E-state index contributed by atoms with van der Waals surface area (Å²) in [4.78, 5) is 10.9. The molecule has 11 aromatic carbocycles. The molecule has 3 nitrogen and oxygen atoms in total. The van der Waals surface area contributed by atoms with E-state index in [1.165, 1.54) is 54.2 Å². The van der Waals surface area contributed by atoms with Crippen LogP contribution in [0.4, 0.5) is 0 Å². The Morgan fingerprint density at radius 2 is 0.918 bits per heavy atom. The standard InChI is InChI=1S/C70H47N3/c1-45-41-65(71-66(44-62(45)48-17-4-2-5-18-48)53-20-16-19-51(42-53)52-39-40-59-57-25-9-8-23-55(57)56-24-10-11-26-58(56)63(59)43-52)49-35-31-46(32-36-49)47-33-37-50(38-34-47)69-70-68(60-27-12-14-29-64(60)72-69)61-28-13-15-30-67(61)73(70)54-21-6-3-7-22-54/h2-40,42-44,62H,1,41H2. The topological polar surface area (TPSA) is 30.2 Å². The summed E-state index contributed by atoms with van der Waals surface area (Å²) in [5.41, 5.74) is 17.5. The van der Waals surface area contributed by atoms with Crippen LogP contribution in [0.1, 0.15) is 29.0 Å². The number of allylic oxidation sites excluding steroid dienone is 2. The minimum absolute atomic E-state index is 0.00599. The molecule has 14 rings (SSSR count). The van der Waals surface area contributed by atoms with Gasteiger partial charge in [-0.25, -0.2) is 4.98 Å². The summed E-state index contributed by atoms with van der Waals surface area (Å²) in [6, 6.07) is 89.8. The fourth-order valence-corrected chi connectivity index (χ4v) is 11.5. The highest BCUT2D eigenvalue weighted by Crippen LogP contribution is 2.43. The molecular formula is C70H47N3. The molecule has 13 aromatic rings. The lowest BCUT2D eigenvalue weighted by atomic mass is 9.87. The largest absolute Gasteiger partial charge is 0.307 e. The number of benzene rings is 11. The quantitative estimate of drug-likeness (QED) is 0.116. The third kappa shape index (κ3) is 7.28. The van der Waals surface area contributed by atoms with Crippen molar-refractivity contribution in [2.24, 2.45) is 4.99 Å². The monoisotopic (exact) mass is 929 g/mol. The molecule has 0 saturated heterocycles. The van der Waals surface area contributed by atoms with Crippen molar-refractivity contribution in [1.29, 1.82) is 0 Å². The molecule has 3 heteroatoms. The maximum Gasteiger partial charge on any atom is 0.0956 e. The van der Waals surface area contributed by atoms with E-state index >= 15 is 0 Å². The molecule has 0 N–H and O–H groups in total. The maximum atomic E-state index is 5.55. The second-order valence-electron chi connectivity index (χ2n) is 19.3. The highest BCUT2D eigenvalue weighted by atomic mass is 15.0. The molecule has 0 spiro atoms. The number of rotatable bonds is 7. The van der Waals surface area contributed by atoms with Crippen molar-refractivity contribution in [2.75, 3.05) is 0 Å². The number of nitrogens with zero attached hydrogens (tertiary/aromatic N) is 3. The van der Waals surface area contributed by atoms with Crippen molar-refractivity contribution in [2.45, 2.75) is 12.3 Å². The Kier molecular flexibility index (Phi) is 10.1. The van der Waals surface area contributed by atoms with Gasteiger partial charge in [-0.2, -0.15) is 0 Å². The zero-order chi connectivity index (χ0) is 48.4. The van der Waals surface area contributed by atoms with Gasteiger partial charge in [0.05, 0.1) is 33.7 Å². The van der Waals surface area contributed by atoms with Crippen LogP contribution in [0.25, 0.3) is 110 Å². The zero-order valence-corrected chi connectivity index (χ0v) is 40.1. The minimum atomic E-state index is 0.00599. The molecule has 2 aromatic heterocycles. The van der Waals surface area contributed by atoms with Crippen molar-refractivity contribution in [3.8, 4) is 39.2 Å². The molecule has 1 aliphatic heterocycles. The first kappa shape index (κ1) is 42.4. The number of aliphatic imine (C=N–C) groups is 1. The smallest absolute Gasteiger partial charge is 0.0956 e. The number of pyridine rings is 1. The summed E-state index contributed by atoms with van der Waals surface area (Å²) in [5, 5.41) is 11.2. The number of hydrogen-bond acceptors (Lipinski definition) is 2. The Hall–Kier alpha value is -9.44. The van der Waals surface area contributed by atoms with Crippen LogP contribution in [0.15, 0.2) is 272 Å². The molecule has 73 heavy (non-hydrogen) atoms. The minimum Gasteiger partial charge on any atom is -0.307 e. The SMILES string of the molecule is C=C1CC(c2ccc(-c3ccc(-c4nc5ccccc5c5c6ccccc6n(-c6ccccc6)c45)cc3)cc2)=NC(c2cccc(-c3ccc4c5ccccc5c5ccccc5c4c3)c2)=CC1c1ccccc1. The van der Waals surface area contributed by atoms with E-state index < -0.39 is 0 Å². The molecule has 3 heterocycles. The lowest BCUT2D eigenvalue weighted by Gasteiger charge is -2.16. The van der Waals surface area contributed by atoms with Crippen LogP contribution in [0.3, 0.4) is 0 Å². The van der Waals surface area contributed by atoms with Crippen LogP contribution >= 0.6 is 0 Å². The normalized spacial score (nSPS) is 14.0. The highest BCUT2D eigenvalue weighted by molar-refractivity contribution is 6.26. The Labute approximate surface area is 424 Å². The molecule has 0 fully saturated rings. The molecule has 1 aliphatic rings. The third-order valence-electron chi connectivity index (χ3n) is 15.0. The van der Waals surface area contributed by atoms with Gasteiger partial charge in [0.25, 0.3) is 0 Å². The molecule has 1 unspecified atom stereocenters. The Bertz CT molecular complexity index is 4350. The number of fused-ring (bicyclic) bond motifs is 11. The van der Waals surface area contributed by atoms with Gasteiger partial charge in [0.1, 0.15) is 0 Å². The van der Waals surface area contributed by atoms with Crippen LogP contribution in [0.5, 0.6) is 0 Å². The molecule has 0 bridgehead atoms. The van der Waals surface area contributed by atoms with Crippen LogP contribution in [0, 0.1) is 0 Å². The maximum absolute atomic E-state index is 5.55. The van der Waals surface area contributed by atoms with Crippen molar-refractivity contribution < 1.29 is 0 Å². The summed E-state index contributed by atoms with van der Waals surface area (Å²) in [6.45, 7) is 4.71. The fraction of sp³-hybridized carbons (Fsp3) is 0.0286. The predicted molar refractivity (Wildman–Crippen MR) is 309 cm³/mol. The molecule has 0 saturated carbocycles. The van der Waals surface area contributed by atoms with Crippen molar-refractivity contribution in [3.63, 3.8) is 0 Å². The van der Waals surface area contributed by atoms with Crippen molar-refractivity contribution in [1.82, 2.24) is 9.55 Å². The number of para-hydroxylation sites is 3. The molecule has 0 radical (unpaired) electrons. The summed E-state index contributed by atoms with van der Waals surface area (Å²) >= 11 is 0. The van der Waals surface area contributed by atoms with E-state index in [9.17, 15) is 0 Å². The molecule has 0 aliphatic carbocycles. The first-order valence-corrected chi connectivity index (χ1v) is 25.2. The zero-order valence-electron chi connectivity index (χ0n) is 40.1.